The van der Waals surface area contributed by atoms with Gasteiger partial charge >= 0.3 is 5.97 Å². The zero-order valence-corrected chi connectivity index (χ0v) is 5.33. The van der Waals surface area contributed by atoms with Gasteiger partial charge in [-0.05, 0) is 6.42 Å². The average molecular weight is 130 g/mol. The molecular formula is C6H10O3. The fourth-order valence-electron chi connectivity index (χ4n) is 0.953. The van der Waals surface area contributed by atoms with Crippen LogP contribution in [0.2, 0.25) is 0 Å². The van der Waals surface area contributed by atoms with Crippen molar-refractivity contribution in [2.45, 2.75) is 32.0 Å². The van der Waals surface area contributed by atoms with E-state index in [-0.39, 0.29) is 18.5 Å². The van der Waals surface area contributed by atoms with E-state index in [1.165, 1.54) is 0 Å². The van der Waals surface area contributed by atoms with Crippen molar-refractivity contribution >= 4 is 5.97 Å². The molecule has 1 aliphatic heterocycles. The quantitative estimate of drug-likeness (QED) is 0.511. The lowest BCUT2D eigenvalue weighted by molar-refractivity contribution is -0.141. The van der Waals surface area contributed by atoms with Gasteiger partial charge in [0, 0.05) is 0 Å². The van der Waals surface area contributed by atoms with Crippen LogP contribution >= 0.6 is 0 Å². The molecule has 0 spiro atoms. The Morgan fingerprint density at radius 3 is 2.78 bits per heavy atom. The van der Waals surface area contributed by atoms with Gasteiger partial charge in [-0.15, -0.1) is 0 Å². The molecule has 0 unspecified atom stereocenters. The minimum atomic E-state index is -0.567. The molecule has 1 rings (SSSR count). The number of rotatable bonds is 1. The molecule has 0 radical (unpaired) electrons. The van der Waals surface area contributed by atoms with Gasteiger partial charge in [-0.25, -0.2) is 0 Å². The van der Waals surface area contributed by atoms with Crippen LogP contribution in [0, 0.1) is 0 Å². The van der Waals surface area contributed by atoms with Gasteiger partial charge in [0.1, 0.15) is 12.2 Å². The maximum atomic E-state index is 10.4. The Balaban J connectivity index is 2.47. The van der Waals surface area contributed by atoms with Crippen LogP contribution in [-0.2, 0) is 9.53 Å². The van der Waals surface area contributed by atoms with Crippen LogP contribution in [0.25, 0.3) is 0 Å². The molecule has 0 amide bonds. The lowest BCUT2D eigenvalue weighted by Crippen LogP contribution is -2.18. The van der Waals surface area contributed by atoms with E-state index >= 15 is 0 Å². The van der Waals surface area contributed by atoms with E-state index in [1.54, 1.807) is 0 Å². The lowest BCUT2D eigenvalue weighted by Gasteiger charge is -2.07. The third-order valence-electron chi connectivity index (χ3n) is 1.49. The van der Waals surface area contributed by atoms with Crippen molar-refractivity contribution < 1.29 is 14.6 Å². The highest BCUT2D eigenvalue weighted by molar-refractivity contribution is 5.72. The maximum absolute atomic E-state index is 10.4. The second kappa shape index (κ2) is 2.35. The minimum Gasteiger partial charge on any atom is -0.460 e. The summed E-state index contributed by atoms with van der Waals surface area (Å²) in [6.45, 7) is 1.88. The zero-order chi connectivity index (χ0) is 6.85. The normalized spacial score (nSPS) is 34.7. The van der Waals surface area contributed by atoms with E-state index < -0.39 is 6.10 Å². The Labute approximate surface area is 53.6 Å². The summed E-state index contributed by atoms with van der Waals surface area (Å²) in [5, 5.41) is 9.01. The number of ether oxygens (including phenoxy) is 1. The monoisotopic (exact) mass is 130 g/mol. The van der Waals surface area contributed by atoms with E-state index in [0.29, 0.717) is 6.42 Å². The molecule has 0 bridgehead atoms. The number of hydrogen-bond acceptors (Lipinski definition) is 3. The molecule has 0 aliphatic carbocycles. The Bertz CT molecular complexity index is 121. The van der Waals surface area contributed by atoms with Crippen LogP contribution in [0.1, 0.15) is 19.8 Å². The first-order chi connectivity index (χ1) is 4.24. The summed E-state index contributed by atoms with van der Waals surface area (Å²) in [5.41, 5.74) is 0. The first-order valence-electron chi connectivity index (χ1n) is 3.11. The largest absolute Gasteiger partial charge is 0.460 e. The fourth-order valence-corrected chi connectivity index (χ4v) is 0.953. The van der Waals surface area contributed by atoms with Gasteiger partial charge in [-0.3, -0.25) is 4.79 Å². The summed E-state index contributed by atoms with van der Waals surface area (Å²) >= 11 is 0. The van der Waals surface area contributed by atoms with Crippen molar-refractivity contribution in [1.82, 2.24) is 0 Å². The second-order valence-corrected chi connectivity index (χ2v) is 2.21. The van der Waals surface area contributed by atoms with E-state index in [1.807, 2.05) is 6.92 Å². The van der Waals surface area contributed by atoms with Crippen LogP contribution < -0.4 is 0 Å². The van der Waals surface area contributed by atoms with Gasteiger partial charge in [0.15, 0.2) is 0 Å². The smallest absolute Gasteiger partial charge is 0.308 e. The molecule has 9 heavy (non-hydrogen) atoms. The lowest BCUT2D eigenvalue weighted by atomic mass is 10.1. The first-order valence-corrected chi connectivity index (χ1v) is 3.11. The highest BCUT2D eigenvalue weighted by atomic mass is 16.6. The van der Waals surface area contributed by atoms with Gasteiger partial charge in [-0.1, -0.05) is 6.92 Å². The van der Waals surface area contributed by atoms with Gasteiger partial charge in [-0.2, -0.15) is 0 Å². The average Bonchev–Trinajstić information content (AvgIpc) is 2.10. The molecule has 1 fully saturated rings. The van der Waals surface area contributed by atoms with Crippen molar-refractivity contribution in [2.75, 3.05) is 0 Å². The van der Waals surface area contributed by atoms with Crippen molar-refractivity contribution in [3.8, 4) is 0 Å². The molecule has 0 aromatic heterocycles. The third-order valence-corrected chi connectivity index (χ3v) is 1.49. The highest BCUT2D eigenvalue weighted by Crippen LogP contribution is 2.16. The number of aliphatic hydroxyl groups is 1. The predicted octanol–water partition coefficient (Wildman–Crippen LogP) is 0.0728. The SMILES string of the molecule is CC[C@H]1OC(=O)C[C@@H]1O. The molecular weight excluding hydrogens is 120 g/mol. The third kappa shape index (κ3) is 1.21. The Morgan fingerprint density at radius 1 is 1.89 bits per heavy atom. The molecule has 1 N–H and O–H groups in total. The summed E-state index contributed by atoms with van der Waals surface area (Å²) in [4.78, 5) is 10.4. The predicted molar refractivity (Wildman–Crippen MR) is 30.8 cm³/mol. The molecule has 0 aromatic carbocycles. The summed E-state index contributed by atoms with van der Waals surface area (Å²) in [7, 11) is 0. The Hall–Kier alpha value is -0.570. The maximum Gasteiger partial charge on any atom is 0.308 e. The number of carbonyl (C=O) groups excluding carboxylic acids is 1. The summed E-state index contributed by atoms with van der Waals surface area (Å²) in [6.07, 6.45) is 0.0470. The van der Waals surface area contributed by atoms with Crippen molar-refractivity contribution in [3.05, 3.63) is 0 Å². The Morgan fingerprint density at radius 2 is 2.56 bits per heavy atom. The number of carbonyl (C=O) groups is 1. The van der Waals surface area contributed by atoms with Crippen LogP contribution in [0.3, 0.4) is 0 Å². The van der Waals surface area contributed by atoms with Gasteiger partial charge < -0.3 is 9.84 Å². The van der Waals surface area contributed by atoms with Crippen molar-refractivity contribution in [1.29, 1.82) is 0 Å². The standard InChI is InChI=1S/C6H10O3/c1-2-5-4(7)3-6(8)9-5/h4-5,7H,2-3H2,1H3/t4-,5+/m0/s1. The van der Waals surface area contributed by atoms with Crippen LogP contribution in [-0.4, -0.2) is 23.3 Å². The number of esters is 1. The molecule has 1 saturated heterocycles. The Kier molecular flexibility index (Phi) is 1.71. The summed E-state index contributed by atoms with van der Waals surface area (Å²) in [6, 6.07) is 0. The molecule has 1 heterocycles. The van der Waals surface area contributed by atoms with Crippen LogP contribution in [0.15, 0.2) is 0 Å². The molecule has 0 aromatic rings. The van der Waals surface area contributed by atoms with Crippen molar-refractivity contribution in [3.63, 3.8) is 0 Å². The van der Waals surface area contributed by atoms with Crippen LogP contribution in [0.4, 0.5) is 0 Å². The summed E-state index contributed by atoms with van der Waals surface area (Å²) < 4.78 is 4.73. The highest BCUT2D eigenvalue weighted by Gasteiger charge is 2.31. The molecule has 3 nitrogen and oxygen atoms in total. The number of aliphatic hydroxyl groups excluding tert-OH is 1. The van der Waals surface area contributed by atoms with E-state index in [2.05, 4.69) is 0 Å². The zero-order valence-electron chi connectivity index (χ0n) is 5.33. The number of cyclic esters (lactones) is 1. The summed E-state index contributed by atoms with van der Waals surface area (Å²) in [5.74, 6) is -0.283. The number of hydrogen-bond donors (Lipinski definition) is 1. The molecule has 2 atom stereocenters. The fraction of sp³-hybridized carbons (Fsp3) is 0.833. The van der Waals surface area contributed by atoms with E-state index in [4.69, 9.17) is 9.84 Å². The first kappa shape index (κ1) is 6.55. The van der Waals surface area contributed by atoms with Gasteiger partial charge in [0.25, 0.3) is 0 Å². The second-order valence-electron chi connectivity index (χ2n) is 2.21. The van der Waals surface area contributed by atoms with Crippen LogP contribution in [0.5, 0.6) is 0 Å². The molecule has 1 aliphatic rings. The molecule has 52 valence electrons. The molecule has 3 heteroatoms. The van der Waals surface area contributed by atoms with Gasteiger partial charge in [0.05, 0.1) is 6.42 Å². The van der Waals surface area contributed by atoms with Gasteiger partial charge in [0.2, 0.25) is 0 Å². The molecule has 0 saturated carbocycles. The van der Waals surface area contributed by atoms with Crippen molar-refractivity contribution in [2.24, 2.45) is 0 Å². The topological polar surface area (TPSA) is 46.5 Å². The van der Waals surface area contributed by atoms with E-state index in [9.17, 15) is 4.79 Å². The minimum absolute atomic E-state index is 0.165. The van der Waals surface area contributed by atoms with E-state index in [0.717, 1.165) is 0 Å².